The lowest BCUT2D eigenvalue weighted by Crippen LogP contribution is -2.43. The van der Waals surface area contributed by atoms with E-state index in [1.807, 2.05) is 12.1 Å². The van der Waals surface area contributed by atoms with E-state index < -0.39 is 0 Å². The van der Waals surface area contributed by atoms with Crippen molar-refractivity contribution in [2.75, 3.05) is 33.2 Å². The smallest absolute Gasteiger partial charge is 0.178 e. The van der Waals surface area contributed by atoms with Gasteiger partial charge in [-0.1, -0.05) is 36.4 Å². The van der Waals surface area contributed by atoms with Gasteiger partial charge in [-0.05, 0) is 36.4 Å². The fourth-order valence-corrected chi connectivity index (χ4v) is 3.98. The maximum absolute atomic E-state index is 13.7. The van der Waals surface area contributed by atoms with Crippen LogP contribution in [0.25, 0.3) is 33.7 Å². The van der Waals surface area contributed by atoms with Crippen LogP contribution < -0.4 is 0 Å². The van der Waals surface area contributed by atoms with Gasteiger partial charge in [-0.15, -0.1) is 0 Å². The normalized spacial score (nSPS) is 15.2. The summed E-state index contributed by atoms with van der Waals surface area (Å²) in [5.74, 6) is 0.514. The molecule has 0 radical (unpaired) electrons. The maximum atomic E-state index is 13.7. The highest BCUT2D eigenvalue weighted by Gasteiger charge is 2.15. The van der Waals surface area contributed by atoms with Gasteiger partial charge in [0, 0.05) is 51.5 Å². The summed E-state index contributed by atoms with van der Waals surface area (Å²) < 4.78 is 13.7. The topological polar surface area (TPSA) is 79.6 Å². The number of imidazole rings is 1. The van der Waals surface area contributed by atoms with Crippen LogP contribution in [0.1, 0.15) is 6.99 Å². The van der Waals surface area contributed by atoms with Gasteiger partial charge in [-0.25, -0.2) is 14.4 Å². The largest absolute Gasteiger partial charge is 0.412 e. The number of piperazine rings is 1. The molecule has 2 aromatic heterocycles. The van der Waals surface area contributed by atoms with Crippen molar-refractivity contribution in [3.8, 4) is 22.5 Å². The highest BCUT2D eigenvalue weighted by molar-refractivity contribution is 5.91. The number of aromatic amines is 1. The second kappa shape index (κ2) is 8.93. The molecule has 6 nitrogen and oxygen atoms in total. The lowest BCUT2D eigenvalue weighted by atomic mass is 10.1. The predicted molar refractivity (Wildman–Crippen MR) is 123 cm³/mol. The van der Waals surface area contributed by atoms with Crippen LogP contribution in [0.15, 0.2) is 60.8 Å². The molecule has 0 atom stereocenters. The molecule has 2 aromatic carbocycles. The van der Waals surface area contributed by atoms with Gasteiger partial charge in [0.05, 0.1) is 5.52 Å². The molecule has 3 heterocycles. The highest BCUT2D eigenvalue weighted by Crippen LogP contribution is 2.29. The van der Waals surface area contributed by atoms with E-state index in [1.54, 1.807) is 12.3 Å². The van der Waals surface area contributed by atoms with Crippen molar-refractivity contribution < 1.29 is 11.3 Å². The summed E-state index contributed by atoms with van der Waals surface area (Å²) >= 11 is 0. The molecule has 5 rings (SSSR count). The second-order valence-electron chi connectivity index (χ2n) is 7.93. The van der Waals surface area contributed by atoms with Crippen LogP contribution in [0, 0.1) is 5.82 Å². The molecule has 0 spiro atoms. The number of pyridine rings is 1. The average Bonchev–Trinajstić information content (AvgIpc) is 3.20. The van der Waals surface area contributed by atoms with Gasteiger partial charge in [0.2, 0.25) is 0 Å². The number of benzene rings is 2. The number of likely N-dealkylation sites (N-methyl/N-ethyl adjacent to an activating group) is 1. The fourth-order valence-electron chi connectivity index (χ4n) is 3.98. The van der Waals surface area contributed by atoms with Gasteiger partial charge >= 0.3 is 0 Å². The van der Waals surface area contributed by atoms with Crippen molar-refractivity contribution in [1.82, 2.24) is 24.8 Å². The Morgan fingerprint density at radius 2 is 1.77 bits per heavy atom. The zero-order valence-electron chi connectivity index (χ0n) is 17.5. The Kier molecular flexibility index (Phi) is 6.08. The van der Waals surface area contributed by atoms with E-state index in [1.165, 1.54) is 17.7 Å². The van der Waals surface area contributed by atoms with Crippen molar-refractivity contribution in [1.29, 1.82) is 0 Å². The standard InChI is InChI=1S/C24H24FN5.H2O.H2/c1-29-11-13-30(14-12-29)16-17-5-7-18(8-6-17)23-27-22-21(9-10-26-24(22)28-23)19-3-2-4-20(25)15-19;;/h2-10,15H,11-14,16H2,1H3,(H,26,27,28);1H2;1H. The fraction of sp³-hybridized carbons (Fsp3) is 0.250. The van der Waals surface area contributed by atoms with Gasteiger partial charge in [0.1, 0.15) is 11.6 Å². The monoisotopic (exact) mass is 421 g/mol. The molecular weight excluding hydrogens is 393 g/mol. The Bertz CT molecular complexity index is 1170. The molecule has 31 heavy (non-hydrogen) atoms. The quantitative estimate of drug-likeness (QED) is 0.546. The van der Waals surface area contributed by atoms with E-state index >= 15 is 0 Å². The van der Waals surface area contributed by atoms with E-state index in [0.29, 0.717) is 5.65 Å². The molecule has 0 amide bonds. The summed E-state index contributed by atoms with van der Waals surface area (Å²) in [6.45, 7) is 5.43. The van der Waals surface area contributed by atoms with Crippen LogP contribution in [-0.2, 0) is 6.54 Å². The number of H-pyrrole nitrogens is 1. The number of aromatic nitrogens is 3. The van der Waals surface area contributed by atoms with Gasteiger partial charge in [0.25, 0.3) is 0 Å². The number of nitrogens with zero attached hydrogens (tertiary/aromatic N) is 4. The number of hydrogen-bond acceptors (Lipinski definition) is 4. The van der Waals surface area contributed by atoms with E-state index in [0.717, 1.165) is 60.8 Å². The van der Waals surface area contributed by atoms with Crippen molar-refractivity contribution in [3.05, 3.63) is 72.2 Å². The summed E-state index contributed by atoms with van der Waals surface area (Å²) in [6, 6.07) is 17.0. The molecule has 0 bridgehead atoms. The Balaban J connectivity index is 0.00000144. The van der Waals surface area contributed by atoms with Crippen LogP contribution >= 0.6 is 0 Å². The Hall–Kier alpha value is -3.13. The predicted octanol–water partition coefficient (Wildman–Crippen LogP) is 3.60. The van der Waals surface area contributed by atoms with Crippen LogP contribution in [0.5, 0.6) is 0 Å². The lowest BCUT2D eigenvalue weighted by Gasteiger charge is -2.32. The minimum Gasteiger partial charge on any atom is -0.412 e. The third kappa shape index (κ3) is 4.49. The number of nitrogens with one attached hydrogen (secondary N) is 1. The average molecular weight is 422 g/mol. The zero-order valence-corrected chi connectivity index (χ0v) is 17.5. The summed E-state index contributed by atoms with van der Waals surface area (Å²) in [4.78, 5) is 17.3. The van der Waals surface area contributed by atoms with E-state index in [4.69, 9.17) is 0 Å². The zero-order chi connectivity index (χ0) is 20.5. The number of fused-ring (bicyclic) bond motifs is 1. The minimum absolute atomic E-state index is 0. The molecule has 162 valence electrons. The van der Waals surface area contributed by atoms with Gasteiger partial charge in [-0.3, -0.25) is 4.90 Å². The Labute approximate surface area is 182 Å². The van der Waals surface area contributed by atoms with Crippen LogP contribution in [-0.4, -0.2) is 63.5 Å². The van der Waals surface area contributed by atoms with E-state index in [2.05, 4.69) is 56.1 Å². The third-order valence-corrected chi connectivity index (χ3v) is 5.76. The molecule has 4 aromatic rings. The number of rotatable bonds is 4. The van der Waals surface area contributed by atoms with Crippen molar-refractivity contribution >= 4 is 11.2 Å². The highest BCUT2D eigenvalue weighted by atomic mass is 19.1. The Morgan fingerprint density at radius 1 is 1.00 bits per heavy atom. The summed E-state index contributed by atoms with van der Waals surface area (Å²) in [7, 11) is 2.17. The van der Waals surface area contributed by atoms with Crippen LogP contribution in [0.4, 0.5) is 4.39 Å². The SMILES string of the molecule is CN1CCN(Cc2ccc(-c3nc4nccc(-c5cccc(F)c5)c4[nH]3)cc2)CC1.O.[HH]. The number of hydrogen-bond donors (Lipinski definition) is 1. The molecule has 1 aliphatic heterocycles. The molecule has 0 unspecified atom stereocenters. The molecule has 7 heteroatoms. The Morgan fingerprint density at radius 3 is 2.52 bits per heavy atom. The van der Waals surface area contributed by atoms with Crippen molar-refractivity contribution in [3.63, 3.8) is 0 Å². The van der Waals surface area contributed by atoms with Crippen molar-refractivity contribution in [2.45, 2.75) is 6.54 Å². The first-order valence-corrected chi connectivity index (χ1v) is 10.3. The second-order valence-corrected chi connectivity index (χ2v) is 7.93. The van der Waals surface area contributed by atoms with E-state index in [9.17, 15) is 4.39 Å². The molecular formula is C24H28FN5O. The molecule has 1 saturated heterocycles. The van der Waals surface area contributed by atoms with Crippen LogP contribution in [0.3, 0.4) is 0 Å². The van der Waals surface area contributed by atoms with Gasteiger partial charge < -0.3 is 15.4 Å². The molecule has 0 aliphatic carbocycles. The minimum atomic E-state index is -0.256. The molecule has 1 fully saturated rings. The van der Waals surface area contributed by atoms with Crippen LogP contribution in [0.2, 0.25) is 0 Å². The molecule has 0 saturated carbocycles. The lowest BCUT2D eigenvalue weighted by molar-refractivity contribution is 0.148. The van der Waals surface area contributed by atoms with Gasteiger partial charge in [-0.2, -0.15) is 0 Å². The first-order chi connectivity index (χ1) is 14.7. The first-order valence-electron chi connectivity index (χ1n) is 10.3. The third-order valence-electron chi connectivity index (χ3n) is 5.76. The van der Waals surface area contributed by atoms with E-state index in [-0.39, 0.29) is 12.7 Å². The van der Waals surface area contributed by atoms with Crippen molar-refractivity contribution in [2.24, 2.45) is 0 Å². The van der Waals surface area contributed by atoms with Gasteiger partial charge in [0.15, 0.2) is 5.65 Å². The maximum Gasteiger partial charge on any atom is 0.178 e. The summed E-state index contributed by atoms with van der Waals surface area (Å²) in [6.07, 6.45) is 1.71. The first kappa shape index (κ1) is 21.1. The number of halogens is 1. The summed E-state index contributed by atoms with van der Waals surface area (Å²) in [5.41, 5.74) is 5.47. The molecule has 1 aliphatic rings. The molecule has 3 N–H and O–H groups in total. The summed E-state index contributed by atoms with van der Waals surface area (Å²) in [5, 5.41) is 0.